The van der Waals surface area contributed by atoms with Crippen molar-refractivity contribution in [1.82, 2.24) is 0 Å². The van der Waals surface area contributed by atoms with Gasteiger partial charge in [-0.05, 0) is 67.3 Å². The van der Waals surface area contributed by atoms with E-state index >= 15 is 0 Å². The summed E-state index contributed by atoms with van der Waals surface area (Å²) in [6.07, 6.45) is 2.87. The Kier molecular flexibility index (Phi) is 10.3. The predicted octanol–water partition coefficient (Wildman–Crippen LogP) is 6.98. The van der Waals surface area contributed by atoms with Crippen molar-refractivity contribution in [2.75, 3.05) is 30.5 Å². The van der Waals surface area contributed by atoms with Crippen LogP contribution >= 0.6 is 11.6 Å². The molecule has 4 aromatic rings. The van der Waals surface area contributed by atoms with Gasteiger partial charge in [0.1, 0.15) is 11.8 Å². The van der Waals surface area contributed by atoms with Gasteiger partial charge in [-0.3, -0.25) is 9.59 Å². The standard InChI is InChI=1S/C36H35ClN2O5/c1-43-36(42)33(38-32-14-6-5-13-31(32)34(40)26-9-3-2-4-10-26)23-25-15-19-30(20-16-25)44-22-8-21-39(35(41)27-17-18-27)29-12-7-11-28(37)24-29/h2-7,9-16,19-20,24,27,33,38H,8,17-18,21-23H2,1H3/t33-/m0/s1. The van der Waals surface area contributed by atoms with Crippen molar-refractivity contribution < 1.29 is 23.9 Å². The minimum atomic E-state index is -0.710. The van der Waals surface area contributed by atoms with Gasteiger partial charge >= 0.3 is 5.97 Å². The van der Waals surface area contributed by atoms with E-state index in [2.05, 4.69) is 5.32 Å². The van der Waals surface area contributed by atoms with E-state index in [4.69, 9.17) is 21.1 Å². The highest BCUT2D eigenvalue weighted by molar-refractivity contribution is 6.31. The SMILES string of the molecule is COC(=O)[C@H](Cc1ccc(OCCCN(C(=O)C2CC2)c2cccc(Cl)c2)cc1)Nc1ccccc1C(=O)c1ccccc1. The number of nitrogens with zero attached hydrogens (tertiary/aromatic N) is 1. The lowest BCUT2D eigenvalue weighted by molar-refractivity contribution is -0.141. The van der Waals surface area contributed by atoms with Crippen LogP contribution in [0.3, 0.4) is 0 Å². The molecule has 0 aromatic heterocycles. The number of methoxy groups -OCH3 is 1. The van der Waals surface area contributed by atoms with Crippen LogP contribution < -0.4 is 15.0 Å². The average molecular weight is 611 g/mol. The number of rotatable bonds is 14. The van der Waals surface area contributed by atoms with E-state index < -0.39 is 12.0 Å². The lowest BCUT2D eigenvalue weighted by Gasteiger charge is -2.23. The highest BCUT2D eigenvalue weighted by Gasteiger charge is 2.34. The number of amides is 1. The van der Waals surface area contributed by atoms with Crippen molar-refractivity contribution in [2.24, 2.45) is 5.92 Å². The zero-order chi connectivity index (χ0) is 30.9. The molecule has 1 atom stereocenters. The summed E-state index contributed by atoms with van der Waals surface area (Å²) in [7, 11) is 1.35. The van der Waals surface area contributed by atoms with Crippen LogP contribution in [0.4, 0.5) is 11.4 Å². The molecule has 0 bridgehead atoms. The first-order valence-electron chi connectivity index (χ1n) is 14.7. The molecule has 1 fully saturated rings. The molecule has 226 valence electrons. The van der Waals surface area contributed by atoms with Crippen LogP contribution in [0.1, 0.15) is 40.7 Å². The van der Waals surface area contributed by atoms with E-state index in [0.717, 1.165) is 24.1 Å². The van der Waals surface area contributed by atoms with Crippen LogP contribution in [0.5, 0.6) is 5.75 Å². The van der Waals surface area contributed by atoms with Gasteiger partial charge in [-0.1, -0.05) is 72.3 Å². The first kappa shape index (κ1) is 30.8. The zero-order valence-corrected chi connectivity index (χ0v) is 25.3. The van der Waals surface area contributed by atoms with E-state index in [1.54, 1.807) is 36.4 Å². The summed E-state index contributed by atoms with van der Waals surface area (Å²) >= 11 is 6.18. The zero-order valence-electron chi connectivity index (χ0n) is 24.6. The van der Waals surface area contributed by atoms with Crippen molar-refractivity contribution >= 4 is 40.6 Å². The molecule has 1 N–H and O–H groups in total. The fourth-order valence-corrected chi connectivity index (χ4v) is 5.19. The van der Waals surface area contributed by atoms with Gasteiger partial charge in [-0.2, -0.15) is 0 Å². The molecular weight excluding hydrogens is 576 g/mol. The molecule has 0 spiro atoms. The van der Waals surface area contributed by atoms with Gasteiger partial charge < -0.3 is 19.7 Å². The summed E-state index contributed by atoms with van der Waals surface area (Å²) < 4.78 is 11.0. The number of esters is 1. The van der Waals surface area contributed by atoms with E-state index in [9.17, 15) is 14.4 Å². The number of nitrogens with one attached hydrogen (secondary N) is 1. The molecule has 5 rings (SSSR count). The molecule has 0 saturated heterocycles. The molecule has 0 heterocycles. The van der Waals surface area contributed by atoms with E-state index in [-0.39, 0.29) is 17.6 Å². The second-order valence-corrected chi connectivity index (χ2v) is 11.2. The van der Waals surface area contributed by atoms with Crippen LogP contribution in [-0.4, -0.2) is 44.0 Å². The monoisotopic (exact) mass is 610 g/mol. The minimum absolute atomic E-state index is 0.101. The molecule has 7 nitrogen and oxygen atoms in total. The van der Waals surface area contributed by atoms with Gasteiger partial charge in [0.2, 0.25) is 5.91 Å². The van der Waals surface area contributed by atoms with Crippen LogP contribution in [-0.2, 0) is 20.7 Å². The molecule has 44 heavy (non-hydrogen) atoms. The molecule has 1 amide bonds. The summed E-state index contributed by atoms with van der Waals surface area (Å²) in [6, 6.07) is 30.4. The number of carbonyl (C=O) groups is 3. The van der Waals surface area contributed by atoms with Gasteiger partial charge in [-0.15, -0.1) is 0 Å². The Balaban J connectivity index is 1.18. The van der Waals surface area contributed by atoms with Gasteiger partial charge in [-0.25, -0.2) is 4.79 Å². The second-order valence-electron chi connectivity index (χ2n) is 10.8. The summed E-state index contributed by atoms with van der Waals surface area (Å²) in [6.45, 7) is 0.974. The quantitative estimate of drug-likeness (QED) is 0.0942. The summed E-state index contributed by atoms with van der Waals surface area (Å²) in [4.78, 5) is 40.6. The number of ketones is 1. The third-order valence-corrected chi connectivity index (χ3v) is 7.73. The Labute approximate surface area is 262 Å². The van der Waals surface area contributed by atoms with Crippen molar-refractivity contribution in [2.45, 2.75) is 31.7 Å². The van der Waals surface area contributed by atoms with Crippen LogP contribution in [0.25, 0.3) is 0 Å². The highest BCUT2D eigenvalue weighted by atomic mass is 35.5. The molecule has 0 radical (unpaired) electrons. The number of carbonyl (C=O) groups excluding carboxylic acids is 3. The topological polar surface area (TPSA) is 84.9 Å². The number of ether oxygens (including phenoxy) is 2. The van der Waals surface area contributed by atoms with E-state index in [1.165, 1.54) is 7.11 Å². The number of hydrogen-bond acceptors (Lipinski definition) is 6. The number of benzene rings is 4. The van der Waals surface area contributed by atoms with E-state index in [0.29, 0.717) is 53.6 Å². The van der Waals surface area contributed by atoms with Crippen molar-refractivity contribution in [3.05, 3.63) is 125 Å². The molecular formula is C36H35ClN2O5. The van der Waals surface area contributed by atoms with Crippen LogP contribution in [0.15, 0.2) is 103 Å². The maximum absolute atomic E-state index is 13.2. The molecule has 8 heteroatoms. The molecule has 1 aliphatic carbocycles. The normalized spacial score (nSPS) is 13.0. The molecule has 1 saturated carbocycles. The molecule has 0 unspecified atom stereocenters. The Morgan fingerprint density at radius 3 is 2.34 bits per heavy atom. The number of anilines is 2. The van der Waals surface area contributed by atoms with Crippen molar-refractivity contribution in [1.29, 1.82) is 0 Å². The van der Waals surface area contributed by atoms with Crippen molar-refractivity contribution in [3.63, 3.8) is 0 Å². The Morgan fingerprint density at radius 1 is 0.909 bits per heavy atom. The second kappa shape index (κ2) is 14.7. The lowest BCUT2D eigenvalue weighted by Crippen LogP contribution is -2.33. The number of halogens is 1. The summed E-state index contributed by atoms with van der Waals surface area (Å²) in [5.41, 5.74) is 3.31. The predicted molar refractivity (Wildman–Crippen MR) is 173 cm³/mol. The lowest BCUT2D eigenvalue weighted by atomic mass is 10.00. The number of para-hydroxylation sites is 1. The summed E-state index contributed by atoms with van der Waals surface area (Å²) in [5.74, 6) is 0.364. The first-order valence-corrected chi connectivity index (χ1v) is 15.1. The van der Waals surface area contributed by atoms with E-state index in [1.807, 2.05) is 71.6 Å². The minimum Gasteiger partial charge on any atom is -0.494 e. The third kappa shape index (κ3) is 8.05. The Bertz CT molecular complexity index is 1590. The van der Waals surface area contributed by atoms with Gasteiger partial charge in [0.25, 0.3) is 0 Å². The van der Waals surface area contributed by atoms with Crippen LogP contribution in [0.2, 0.25) is 5.02 Å². The Morgan fingerprint density at radius 2 is 1.64 bits per heavy atom. The smallest absolute Gasteiger partial charge is 0.328 e. The Hall–Kier alpha value is -4.62. The third-order valence-electron chi connectivity index (χ3n) is 7.49. The fourth-order valence-electron chi connectivity index (χ4n) is 5.01. The number of hydrogen-bond donors (Lipinski definition) is 1. The molecule has 4 aromatic carbocycles. The van der Waals surface area contributed by atoms with Gasteiger partial charge in [0, 0.05) is 46.4 Å². The van der Waals surface area contributed by atoms with Gasteiger partial charge in [0.15, 0.2) is 5.78 Å². The maximum Gasteiger partial charge on any atom is 0.328 e. The average Bonchev–Trinajstić information content (AvgIpc) is 3.91. The first-order chi connectivity index (χ1) is 21.4. The molecule has 1 aliphatic rings. The maximum atomic E-state index is 13.2. The van der Waals surface area contributed by atoms with Crippen molar-refractivity contribution in [3.8, 4) is 5.75 Å². The highest BCUT2D eigenvalue weighted by Crippen LogP contribution is 2.33. The fraction of sp³-hybridized carbons (Fsp3) is 0.250. The largest absolute Gasteiger partial charge is 0.494 e. The summed E-state index contributed by atoms with van der Waals surface area (Å²) in [5, 5.41) is 3.83. The van der Waals surface area contributed by atoms with Gasteiger partial charge in [0.05, 0.1) is 13.7 Å². The van der Waals surface area contributed by atoms with Crippen LogP contribution in [0, 0.1) is 5.92 Å². The molecule has 0 aliphatic heterocycles.